The van der Waals surface area contributed by atoms with Gasteiger partial charge in [0.25, 0.3) is 11.6 Å². The van der Waals surface area contributed by atoms with Gasteiger partial charge in [0.05, 0.1) is 27.3 Å². The second-order valence-corrected chi connectivity index (χ2v) is 7.52. The summed E-state index contributed by atoms with van der Waals surface area (Å²) in [5.41, 5.74) is 1.72. The fourth-order valence-corrected chi connectivity index (χ4v) is 4.24. The van der Waals surface area contributed by atoms with Crippen molar-refractivity contribution in [3.05, 3.63) is 61.4 Å². The summed E-state index contributed by atoms with van der Waals surface area (Å²) in [7, 11) is 1.60. The number of amides is 1. The van der Waals surface area contributed by atoms with Gasteiger partial charge in [-0.25, -0.2) is 0 Å². The SMILES string of the molecule is CCCn1c(=NC(=O)c2cc([N+](=O)[O-])ccc2Cl)sc2c(C)ccc(OC)c21. The van der Waals surface area contributed by atoms with Crippen LogP contribution in [0, 0.1) is 17.0 Å². The van der Waals surface area contributed by atoms with Gasteiger partial charge in [-0.05, 0) is 31.0 Å². The van der Waals surface area contributed by atoms with Gasteiger partial charge in [0.2, 0.25) is 0 Å². The van der Waals surface area contributed by atoms with Crippen molar-refractivity contribution >= 4 is 44.7 Å². The number of benzene rings is 2. The summed E-state index contributed by atoms with van der Waals surface area (Å²) in [5.74, 6) is 0.0781. The number of carbonyl (C=O) groups is 1. The van der Waals surface area contributed by atoms with E-state index >= 15 is 0 Å². The molecule has 1 aromatic heterocycles. The average molecular weight is 420 g/mol. The van der Waals surface area contributed by atoms with Crippen LogP contribution < -0.4 is 9.54 Å². The van der Waals surface area contributed by atoms with E-state index in [9.17, 15) is 14.9 Å². The van der Waals surface area contributed by atoms with Gasteiger partial charge >= 0.3 is 0 Å². The van der Waals surface area contributed by atoms with Gasteiger partial charge < -0.3 is 9.30 Å². The standard InChI is InChI=1S/C19H18ClN3O4S/c1-4-9-22-16-15(27-3)8-5-11(2)17(16)28-19(22)21-18(24)13-10-12(23(25)26)6-7-14(13)20/h5-8,10H,4,9H2,1-3H3. The molecular formula is C19H18ClN3O4S. The van der Waals surface area contributed by atoms with Crippen LogP contribution in [0.25, 0.3) is 10.2 Å². The summed E-state index contributed by atoms with van der Waals surface area (Å²) in [5, 5.41) is 11.1. The molecule has 0 bridgehead atoms. The Kier molecular flexibility index (Phi) is 5.81. The maximum Gasteiger partial charge on any atom is 0.281 e. The summed E-state index contributed by atoms with van der Waals surface area (Å²) >= 11 is 7.47. The first kappa shape index (κ1) is 20.0. The number of aromatic nitrogens is 1. The molecule has 1 amide bonds. The van der Waals surface area contributed by atoms with E-state index in [4.69, 9.17) is 16.3 Å². The zero-order chi connectivity index (χ0) is 20.4. The molecule has 0 saturated heterocycles. The highest BCUT2D eigenvalue weighted by Crippen LogP contribution is 2.30. The number of thiazole rings is 1. The Balaban J connectivity index is 2.23. The van der Waals surface area contributed by atoms with Crippen LogP contribution in [0.4, 0.5) is 5.69 Å². The average Bonchev–Trinajstić information content (AvgIpc) is 3.02. The number of hydrogen-bond donors (Lipinski definition) is 0. The van der Waals surface area contributed by atoms with E-state index in [2.05, 4.69) is 4.99 Å². The molecule has 146 valence electrons. The van der Waals surface area contributed by atoms with Gasteiger partial charge in [-0.3, -0.25) is 14.9 Å². The first-order valence-electron chi connectivity index (χ1n) is 8.57. The maximum atomic E-state index is 12.8. The maximum absolute atomic E-state index is 12.8. The Hall–Kier alpha value is -2.71. The van der Waals surface area contributed by atoms with Crippen LogP contribution in [0.15, 0.2) is 35.3 Å². The van der Waals surface area contributed by atoms with Gasteiger partial charge in [0.1, 0.15) is 11.3 Å². The topological polar surface area (TPSA) is 86.7 Å². The Labute approximate surface area is 170 Å². The highest BCUT2D eigenvalue weighted by molar-refractivity contribution is 7.16. The number of rotatable bonds is 5. The molecule has 3 aromatic rings. The van der Waals surface area contributed by atoms with Crippen LogP contribution in [0.2, 0.25) is 5.02 Å². The molecular weight excluding hydrogens is 402 g/mol. The largest absolute Gasteiger partial charge is 0.495 e. The molecule has 7 nitrogen and oxygen atoms in total. The number of nitro benzene ring substituents is 1. The predicted molar refractivity (Wildman–Crippen MR) is 109 cm³/mol. The van der Waals surface area contributed by atoms with E-state index in [1.807, 2.05) is 30.5 Å². The molecule has 0 unspecified atom stereocenters. The molecule has 0 spiro atoms. The minimum Gasteiger partial charge on any atom is -0.495 e. The van der Waals surface area contributed by atoms with Gasteiger partial charge in [-0.15, -0.1) is 0 Å². The lowest BCUT2D eigenvalue weighted by molar-refractivity contribution is -0.384. The highest BCUT2D eigenvalue weighted by atomic mass is 35.5. The Morgan fingerprint density at radius 3 is 2.75 bits per heavy atom. The molecule has 0 aliphatic carbocycles. The molecule has 0 atom stereocenters. The van der Waals surface area contributed by atoms with Crippen molar-refractivity contribution < 1.29 is 14.5 Å². The Morgan fingerprint density at radius 2 is 2.11 bits per heavy atom. The van der Waals surface area contributed by atoms with Crippen LogP contribution in [0.3, 0.4) is 0 Å². The third-order valence-corrected chi connectivity index (χ3v) is 5.78. The van der Waals surface area contributed by atoms with Crippen molar-refractivity contribution in [3.8, 4) is 5.75 Å². The van der Waals surface area contributed by atoms with E-state index < -0.39 is 10.8 Å². The second-order valence-electron chi connectivity index (χ2n) is 6.14. The first-order valence-corrected chi connectivity index (χ1v) is 9.76. The van der Waals surface area contributed by atoms with Crippen molar-refractivity contribution in [1.29, 1.82) is 0 Å². The van der Waals surface area contributed by atoms with Crippen LogP contribution >= 0.6 is 22.9 Å². The van der Waals surface area contributed by atoms with E-state index in [0.29, 0.717) is 17.1 Å². The Bertz CT molecular complexity index is 1150. The quantitative estimate of drug-likeness (QED) is 0.441. The number of non-ortho nitro benzene ring substituents is 1. The molecule has 1 heterocycles. The molecule has 3 rings (SSSR count). The molecule has 0 aliphatic rings. The van der Waals surface area contributed by atoms with Gasteiger partial charge in [0.15, 0.2) is 4.80 Å². The molecule has 0 aliphatic heterocycles. The van der Waals surface area contributed by atoms with Crippen LogP contribution in [0.1, 0.15) is 29.3 Å². The van der Waals surface area contributed by atoms with Gasteiger partial charge in [-0.2, -0.15) is 4.99 Å². The van der Waals surface area contributed by atoms with E-state index in [0.717, 1.165) is 28.3 Å². The number of halogens is 1. The minimum absolute atomic E-state index is 0.0000539. The smallest absolute Gasteiger partial charge is 0.281 e. The van der Waals surface area contributed by atoms with Gasteiger partial charge in [-0.1, -0.05) is 35.9 Å². The Morgan fingerprint density at radius 1 is 1.36 bits per heavy atom. The lowest BCUT2D eigenvalue weighted by atomic mass is 10.2. The number of carbonyl (C=O) groups excluding carboxylic acids is 1. The third kappa shape index (κ3) is 3.65. The lowest BCUT2D eigenvalue weighted by Crippen LogP contribution is -2.17. The summed E-state index contributed by atoms with van der Waals surface area (Å²) in [6.45, 7) is 4.66. The third-order valence-electron chi connectivity index (χ3n) is 4.24. The minimum atomic E-state index is -0.623. The van der Waals surface area contributed by atoms with Crippen LogP contribution in [0.5, 0.6) is 5.75 Å². The van der Waals surface area contributed by atoms with Crippen LogP contribution in [-0.2, 0) is 6.54 Å². The fraction of sp³-hybridized carbons (Fsp3) is 0.263. The molecule has 0 fully saturated rings. The number of fused-ring (bicyclic) bond motifs is 1. The molecule has 2 aromatic carbocycles. The molecule has 0 N–H and O–H groups in total. The number of aryl methyl sites for hydroxylation is 2. The van der Waals surface area contributed by atoms with Crippen molar-refractivity contribution in [3.63, 3.8) is 0 Å². The zero-order valence-corrected chi connectivity index (χ0v) is 17.1. The van der Waals surface area contributed by atoms with Gasteiger partial charge in [0, 0.05) is 18.7 Å². The second kappa shape index (κ2) is 8.12. The molecule has 0 saturated carbocycles. The highest BCUT2D eigenvalue weighted by Gasteiger charge is 2.18. The summed E-state index contributed by atoms with van der Waals surface area (Å²) in [6.07, 6.45) is 0.835. The van der Waals surface area contributed by atoms with Crippen molar-refractivity contribution in [1.82, 2.24) is 4.57 Å². The molecule has 0 radical (unpaired) electrons. The van der Waals surface area contributed by atoms with Crippen molar-refractivity contribution in [2.45, 2.75) is 26.8 Å². The molecule has 9 heteroatoms. The number of hydrogen-bond acceptors (Lipinski definition) is 5. The number of ether oxygens (including phenoxy) is 1. The summed E-state index contributed by atoms with van der Waals surface area (Å²) in [6, 6.07) is 7.58. The van der Waals surface area contributed by atoms with E-state index in [-0.39, 0.29) is 16.3 Å². The first-order chi connectivity index (χ1) is 13.4. The van der Waals surface area contributed by atoms with E-state index in [1.54, 1.807) is 7.11 Å². The van der Waals surface area contributed by atoms with Crippen molar-refractivity contribution in [2.24, 2.45) is 4.99 Å². The summed E-state index contributed by atoms with van der Waals surface area (Å²) < 4.78 is 8.41. The zero-order valence-electron chi connectivity index (χ0n) is 15.6. The van der Waals surface area contributed by atoms with Crippen LogP contribution in [-0.4, -0.2) is 22.5 Å². The lowest BCUT2D eigenvalue weighted by Gasteiger charge is -2.08. The summed E-state index contributed by atoms with van der Waals surface area (Å²) in [4.78, 5) is 28.0. The number of nitrogens with zero attached hydrogens (tertiary/aromatic N) is 3. The normalized spacial score (nSPS) is 11.8. The van der Waals surface area contributed by atoms with Crippen molar-refractivity contribution in [2.75, 3.05) is 7.11 Å². The van der Waals surface area contributed by atoms with E-state index in [1.165, 1.54) is 23.5 Å². The number of nitro groups is 1. The number of methoxy groups -OCH3 is 1. The molecule has 28 heavy (non-hydrogen) atoms. The monoisotopic (exact) mass is 419 g/mol. The fourth-order valence-electron chi connectivity index (χ4n) is 2.90. The predicted octanol–water partition coefficient (Wildman–Crippen LogP) is 4.73.